The molecule has 1 saturated carbocycles. The molecule has 106 valence electrons. The Bertz CT molecular complexity index is 262. The first-order chi connectivity index (χ1) is 8.27. The van der Waals surface area contributed by atoms with E-state index in [1.165, 1.54) is 0 Å². The molecule has 0 aromatic rings. The summed E-state index contributed by atoms with van der Waals surface area (Å²) in [6, 6.07) is 0. The summed E-state index contributed by atoms with van der Waals surface area (Å²) >= 11 is 0. The van der Waals surface area contributed by atoms with Crippen molar-refractivity contribution in [2.45, 2.75) is 38.5 Å². The van der Waals surface area contributed by atoms with E-state index in [0.717, 1.165) is 58.3 Å². The van der Waals surface area contributed by atoms with Gasteiger partial charge in [0, 0.05) is 26.3 Å². The molecule has 1 saturated heterocycles. The van der Waals surface area contributed by atoms with Crippen molar-refractivity contribution < 1.29 is 9.53 Å². The number of nitrogens with two attached hydrogens (primary N) is 1. The first-order valence-electron chi connectivity index (χ1n) is 6.83. The molecule has 0 bridgehead atoms. The van der Waals surface area contributed by atoms with Crippen LogP contribution in [0.5, 0.6) is 0 Å². The van der Waals surface area contributed by atoms with Crippen molar-refractivity contribution in [1.82, 2.24) is 5.32 Å². The van der Waals surface area contributed by atoms with E-state index in [-0.39, 0.29) is 23.7 Å². The van der Waals surface area contributed by atoms with Gasteiger partial charge in [0.1, 0.15) is 0 Å². The number of carbonyl (C=O) groups excluding carboxylic acids is 1. The van der Waals surface area contributed by atoms with Gasteiger partial charge in [-0.15, -0.1) is 12.4 Å². The highest BCUT2D eigenvalue weighted by molar-refractivity contribution is 5.85. The van der Waals surface area contributed by atoms with Gasteiger partial charge in [-0.25, -0.2) is 0 Å². The molecule has 5 heteroatoms. The van der Waals surface area contributed by atoms with Crippen LogP contribution in [-0.2, 0) is 9.53 Å². The lowest BCUT2D eigenvalue weighted by molar-refractivity contribution is -0.130. The maximum atomic E-state index is 12.2. The Labute approximate surface area is 115 Å². The summed E-state index contributed by atoms with van der Waals surface area (Å²) in [5.74, 6) is 0.771. The zero-order valence-corrected chi connectivity index (χ0v) is 11.8. The van der Waals surface area contributed by atoms with E-state index >= 15 is 0 Å². The van der Waals surface area contributed by atoms with Crippen LogP contribution in [0.15, 0.2) is 0 Å². The molecule has 0 spiro atoms. The summed E-state index contributed by atoms with van der Waals surface area (Å²) < 4.78 is 5.31. The SMILES string of the molecule is Cl.NCC1(C(=O)NCC2CCOCC2)CCCC1. The number of ether oxygens (including phenoxy) is 1. The van der Waals surface area contributed by atoms with E-state index in [4.69, 9.17) is 10.5 Å². The zero-order valence-electron chi connectivity index (χ0n) is 11.0. The smallest absolute Gasteiger partial charge is 0.227 e. The third-order valence-electron chi connectivity index (χ3n) is 4.33. The molecule has 0 atom stereocenters. The third kappa shape index (κ3) is 3.59. The second kappa shape index (κ2) is 7.31. The minimum Gasteiger partial charge on any atom is -0.381 e. The average Bonchev–Trinajstić information content (AvgIpc) is 2.87. The van der Waals surface area contributed by atoms with Crippen molar-refractivity contribution in [3.63, 3.8) is 0 Å². The van der Waals surface area contributed by atoms with Crippen LogP contribution in [0.1, 0.15) is 38.5 Å². The van der Waals surface area contributed by atoms with Crippen LogP contribution in [0.4, 0.5) is 0 Å². The van der Waals surface area contributed by atoms with Crippen LogP contribution in [-0.4, -0.2) is 32.2 Å². The van der Waals surface area contributed by atoms with Crippen molar-refractivity contribution in [1.29, 1.82) is 0 Å². The van der Waals surface area contributed by atoms with Gasteiger partial charge >= 0.3 is 0 Å². The first-order valence-corrected chi connectivity index (χ1v) is 6.83. The molecule has 1 amide bonds. The fourth-order valence-electron chi connectivity index (χ4n) is 2.95. The van der Waals surface area contributed by atoms with Crippen molar-refractivity contribution in [3.8, 4) is 0 Å². The van der Waals surface area contributed by atoms with Crippen LogP contribution in [0, 0.1) is 11.3 Å². The van der Waals surface area contributed by atoms with Crippen molar-refractivity contribution >= 4 is 18.3 Å². The average molecular weight is 277 g/mol. The minimum absolute atomic E-state index is 0. The van der Waals surface area contributed by atoms with Gasteiger partial charge in [0.25, 0.3) is 0 Å². The van der Waals surface area contributed by atoms with Crippen LogP contribution in [0.25, 0.3) is 0 Å². The van der Waals surface area contributed by atoms with Crippen molar-refractivity contribution in [2.75, 3.05) is 26.3 Å². The Morgan fingerprint density at radius 1 is 1.28 bits per heavy atom. The van der Waals surface area contributed by atoms with Crippen LogP contribution in [0.2, 0.25) is 0 Å². The molecule has 3 N–H and O–H groups in total. The Morgan fingerprint density at radius 3 is 2.44 bits per heavy atom. The van der Waals surface area contributed by atoms with Gasteiger partial charge in [-0.05, 0) is 31.6 Å². The van der Waals surface area contributed by atoms with Crippen molar-refractivity contribution in [3.05, 3.63) is 0 Å². The lowest BCUT2D eigenvalue weighted by Gasteiger charge is -2.28. The highest BCUT2D eigenvalue weighted by Gasteiger charge is 2.39. The second-order valence-corrected chi connectivity index (χ2v) is 5.46. The molecular formula is C13H25ClN2O2. The molecule has 1 aliphatic heterocycles. The largest absolute Gasteiger partial charge is 0.381 e. The fourth-order valence-corrected chi connectivity index (χ4v) is 2.95. The molecule has 0 radical (unpaired) electrons. The van der Waals surface area contributed by atoms with E-state index in [1.54, 1.807) is 0 Å². The Hall–Kier alpha value is -0.320. The van der Waals surface area contributed by atoms with Gasteiger partial charge in [0.15, 0.2) is 0 Å². The number of nitrogens with one attached hydrogen (secondary N) is 1. The molecule has 2 rings (SSSR count). The standard InChI is InChI=1S/C13H24N2O2.ClH/c14-10-13(5-1-2-6-13)12(16)15-9-11-3-7-17-8-4-11;/h11H,1-10,14H2,(H,15,16);1H. The quantitative estimate of drug-likeness (QED) is 0.817. The van der Waals surface area contributed by atoms with E-state index in [2.05, 4.69) is 5.32 Å². The molecule has 1 aliphatic carbocycles. The number of halogens is 1. The zero-order chi connectivity index (χ0) is 12.1. The molecule has 18 heavy (non-hydrogen) atoms. The summed E-state index contributed by atoms with van der Waals surface area (Å²) in [5, 5.41) is 3.11. The fraction of sp³-hybridized carbons (Fsp3) is 0.923. The Morgan fingerprint density at radius 2 is 1.89 bits per heavy atom. The molecule has 4 nitrogen and oxygen atoms in total. The van der Waals surface area contributed by atoms with E-state index < -0.39 is 0 Å². The van der Waals surface area contributed by atoms with Gasteiger partial charge in [-0.2, -0.15) is 0 Å². The molecule has 0 aromatic carbocycles. The monoisotopic (exact) mass is 276 g/mol. The summed E-state index contributed by atoms with van der Waals surface area (Å²) in [6.07, 6.45) is 6.34. The Kier molecular flexibility index (Phi) is 6.39. The summed E-state index contributed by atoms with van der Waals surface area (Å²) in [4.78, 5) is 12.2. The topological polar surface area (TPSA) is 64.4 Å². The predicted octanol–water partition coefficient (Wildman–Crippen LogP) is 1.47. The van der Waals surface area contributed by atoms with Gasteiger partial charge < -0.3 is 15.8 Å². The molecule has 0 aromatic heterocycles. The highest BCUT2D eigenvalue weighted by atomic mass is 35.5. The molecule has 1 heterocycles. The number of hydrogen-bond donors (Lipinski definition) is 2. The highest BCUT2D eigenvalue weighted by Crippen LogP contribution is 2.37. The normalized spacial score (nSPS) is 23.4. The summed E-state index contributed by atoms with van der Waals surface area (Å²) in [7, 11) is 0. The Balaban J connectivity index is 0.00000162. The number of amides is 1. The number of rotatable bonds is 4. The van der Waals surface area contributed by atoms with Gasteiger partial charge in [0.05, 0.1) is 5.41 Å². The van der Waals surface area contributed by atoms with E-state index in [0.29, 0.717) is 12.5 Å². The van der Waals surface area contributed by atoms with E-state index in [1.807, 2.05) is 0 Å². The van der Waals surface area contributed by atoms with Gasteiger partial charge in [0.2, 0.25) is 5.91 Å². The van der Waals surface area contributed by atoms with Gasteiger partial charge in [-0.3, -0.25) is 4.79 Å². The first kappa shape index (κ1) is 15.7. The third-order valence-corrected chi connectivity index (χ3v) is 4.33. The van der Waals surface area contributed by atoms with Crippen LogP contribution >= 0.6 is 12.4 Å². The minimum atomic E-state index is -0.259. The summed E-state index contributed by atoms with van der Waals surface area (Å²) in [5.41, 5.74) is 5.54. The number of hydrogen-bond acceptors (Lipinski definition) is 3. The number of carbonyl (C=O) groups is 1. The lowest BCUT2D eigenvalue weighted by Crippen LogP contribution is -2.46. The maximum Gasteiger partial charge on any atom is 0.227 e. The van der Waals surface area contributed by atoms with E-state index in [9.17, 15) is 4.79 Å². The second-order valence-electron chi connectivity index (χ2n) is 5.46. The molecule has 0 unspecified atom stereocenters. The summed E-state index contributed by atoms with van der Waals surface area (Å²) in [6.45, 7) is 2.96. The van der Waals surface area contributed by atoms with Crippen molar-refractivity contribution in [2.24, 2.45) is 17.1 Å². The van der Waals surface area contributed by atoms with Gasteiger partial charge in [-0.1, -0.05) is 12.8 Å². The lowest BCUT2D eigenvalue weighted by atomic mass is 9.85. The maximum absolute atomic E-state index is 12.2. The molecule has 2 aliphatic rings. The molecule has 2 fully saturated rings. The van der Waals surface area contributed by atoms with Crippen LogP contribution in [0.3, 0.4) is 0 Å². The van der Waals surface area contributed by atoms with Crippen LogP contribution < -0.4 is 11.1 Å². The predicted molar refractivity (Wildman–Crippen MR) is 73.8 cm³/mol. The molecular weight excluding hydrogens is 252 g/mol.